The first-order valence-electron chi connectivity index (χ1n) is 8.43. The van der Waals surface area contributed by atoms with E-state index < -0.39 is 23.0 Å². The molecular formula is C20H24O5. The second-order valence-corrected chi connectivity index (χ2v) is 7.45. The number of fused-ring (bicyclic) bond motifs is 1. The van der Waals surface area contributed by atoms with Crippen molar-refractivity contribution in [3.63, 3.8) is 0 Å². The van der Waals surface area contributed by atoms with Crippen molar-refractivity contribution in [1.29, 1.82) is 0 Å². The summed E-state index contributed by atoms with van der Waals surface area (Å²) in [5, 5.41) is 9.92. The van der Waals surface area contributed by atoms with Crippen LogP contribution >= 0.6 is 0 Å². The fraction of sp³-hybridized carbons (Fsp3) is 0.450. The topological polar surface area (TPSA) is 80.7 Å². The molecule has 1 unspecified atom stereocenters. The predicted molar refractivity (Wildman–Crippen MR) is 93.9 cm³/mol. The highest BCUT2D eigenvalue weighted by atomic mass is 16.5. The SMILES string of the molecule is CC(C)CC(C)(C(=O)Oc1ccc(O)c2c1C(=O)C=CC2=O)C(C)C. The fourth-order valence-electron chi connectivity index (χ4n) is 3.09. The summed E-state index contributed by atoms with van der Waals surface area (Å²) < 4.78 is 5.56. The number of carbonyl (C=O) groups excluding carboxylic acids is 3. The van der Waals surface area contributed by atoms with Gasteiger partial charge in [-0.2, -0.15) is 0 Å². The van der Waals surface area contributed by atoms with Crippen molar-refractivity contribution in [2.24, 2.45) is 17.3 Å². The van der Waals surface area contributed by atoms with E-state index in [1.54, 1.807) is 0 Å². The molecule has 25 heavy (non-hydrogen) atoms. The Labute approximate surface area is 147 Å². The fourth-order valence-corrected chi connectivity index (χ4v) is 3.09. The average Bonchev–Trinajstić information content (AvgIpc) is 2.51. The standard InChI is InChI=1S/C20H24O5/c1-11(2)10-20(5,12(3)4)19(24)25-16-9-8-14(22)17-13(21)6-7-15(23)18(16)17/h6-9,11-12,22H,10H2,1-5H3. The molecule has 0 radical (unpaired) electrons. The molecule has 0 aliphatic heterocycles. The molecule has 1 aromatic rings. The lowest BCUT2D eigenvalue weighted by molar-refractivity contribution is -0.148. The zero-order valence-corrected chi connectivity index (χ0v) is 15.3. The van der Waals surface area contributed by atoms with Gasteiger partial charge in [0.05, 0.1) is 16.5 Å². The summed E-state index contributed by atoms with van der Waals surface area (Å²) in [5.41, 5.74) is -0.902. The maximum atomic E-state index is 12.9. The van der Waals surface area contributed by atoms with Crippen LogP contribution in [-0.4, -0.2) is 22.6 Å². The van der Waals surface area contributed by atoms with E-state index in [-0.39, 0.29) is 28.5 Å². The zero-order valence-electron chi connectivity index (χ0n) is 15.3. The monoisotopic (exact) mass is 344 g/mol. The zero-order chi connectivity index (χ0) is 18.9. The summed E-state index contributed by atoms with van der Waals surface area (Å²) in [6.07, 6.45) is 2.86. The van der Waals surface area contributed by atoms with Gasteiger partial charge in [0.2, 0.25) is 0 Å². The summed E-state index contributed by atoms with van der Waals surface area (Å²) in [7, 11) is 0. The molecule has 2 rings (SSSR count). The Bertz CT molecular complexity index is 758. The number of ketones is 2. The minimum absolute atomic E-state index is 0.0103. The van der Waals surface area contributed by atoms with E-state index in [1.807, 2.05) is 34.6 Å². The highest BCUT2D eigenvalue weighted by Crippen LogP contribution is 2.38. The van der Waals surface area contributed by atoms with E-state index in [0.29, 0.717) is 12.3 Å². The number of esters is 1. The van der Waals surface area contributed by atoms with Crippen molar-refractivity contribution in [2.75, 3.05) is 0 Å². The molecule has 0 bridgehead atoms. The van der Waals surface area contributed by atoms with Crippen molar-refractivity contribution in [2.45, 2.75) is 41.0 Å². The summed E-state index contributed by atoms with van der Waals surface area (Å²) in [6.45, 7) is 9.81. The number of benzene rings is 1. The third-order valence-corrected chi connectivity index (χ3v) is 4.80. The Morgan fingerprint density at radius 3 is 2.16 bits per heavy atom. The maximum absolute atomic E-state index is 12.9. The minimum atomic E-state index is -0.726. The maximum Gasteiger partial charge on any atom is 0.317 e. The normalized spacial score (nSPS) is 16.1. The Morgan fingerprint density at radius 2 is 1.64 bits per heavy atom. The first-order valence-corrected chi connectivity index (χ1v) is 8.43. The van der Waals surface area contributed by atoms with E-state index in [1.165, 1.54) is 12.1 Å². The van der Waals surface area contributed by atoms with Crippen molar-refractivity contribution < 1.29 is 24.2 Å². The summed E-state index contributed by atoms with van der Waals surface area (Å²) >= 11 is 0. The van der Waals surface area contributed by atoms with Crippen LogP contribution in [0.15, 0.2) is 24.3 Å². The number of carbonyl (C=O) groups is 3. The molecule has 0 fully saturated rings. The van der Waals surface area contributed by atoms with Crippen LogP contribution in [0.3, 0.4) is 0 Å². The number of ether oxygens (including phenoxy) is 1. The minimum Gasteiger partial charge on any atom is -0.507 e. The molecule has 1 aliphatic carbocycles. The number of phenols is 1. The molecule has 0 aromatic heterocycles. The highest BCUT2D eigenvalue weighted by Gasteiger charge is 2.40. The van der Waals surface area contributed by atoms with Crippen LogP contribution in [0.25, 0.3) is 0 Å². The van der Waals surface area contributed by atoms with Gasteiger partial charge in [-0.05, 0) is 49.5 Å². The van der Waals surface area contributed by atoms with Crippen molar-refractivity contribution >= 4 is 17.5 Å². The molecule has 0 saturated carbocycles. The number of phenolic OH excluding ortho intramolecular Hbond substituents is 1. The van der Waals surface area contributed by atoms with Gasteiger partial charge in [0.25, 0.3) is 0 Å². The van der Waals surface area contributed by atoms with Gasteiger partial charge < -0.3 is 9.84 Å². The molecular weight excluding hydrogens is 320 g/mol. The Hall–Kier alpha value is -2.43. The van der Waals surface area contributed by atoms with E-state index in [9.17, 15) is 19.5 Å². The first-order chi connectivity index (χ1) is 11.6. The second-order valence-electron chi connectivity index (χ2n) is 7.45. The lowest BCUT2D eigenvalue weighted by atomic mass is 9.73. The lowest BCUT2D eigenvalue weighted by Gasteiger charge is -2.33. The van der Waals surface area contributed by atoms with Crippen LogP contribution in [0.5, 0.6) is 11.5 Å². The molecule has 1 atom stereocenters. The molecule has 0 amide bonds. The molecule has 1 aliphatic rings. The first kappa shape index (κ1) is 18.9. The molecule has 134 valence electrons. The van der Waals surface area contributed by atoms with Crippen LogP contribution in [-0.2, 0) is 4.79 Å². The van der Waals surface area contributed by atoms with Crippen LogP contribution in [0, 0.1) is 17.3 Å². The predicted octanol–water partition coefficient (Wildman–Crippen LogP) is 3.94. The molecule has 1 N–H and O–H groups in total. The van der Waals surface area contributed by atoms with E-state index in [0.717, 1.165) is 12.2 Å². The third-order valence-electron chi connectivity index (χ3n) is 4.80. The molecule has 1 aromatic carbocycles. The van der Waals surface area contributed by atoms with Gasteiger partial charge in [0, 0.05) is 0 Å². The Morgan fingerprint density at radius 1 is 1.08 bits per heavy atom. The van der Waals surface area contributed by atoms with E-state index in [4.69, 9.17) is 4.74 Å². The van der Waals surface area contributed by atoms with Gasteiger partial charge in [0.15, 0.2) is 11.6 Å². The highest BCUT2D eigenvalue weighted by molar-refractivity contribution is 6.24. The number of aromatic hydroxyl groups is 1. The van der Waals surface area contributed by atoms with Gasteiger partial charge in [-0.1, -0.05) is 27.7 Å². The van der Waals surface area contributed by atoms with Gasteiger partial charge >= 0.3 is 5.97 Å². The van der Waals surface area contributed by atoms with E-state index >= 15 is 0 Å². The van der Waals surface area contributed by atoms with Crippen LogP contribution in [0.4, 0.5) is 0 Å². The largest absolute Gasteiger partial charge is 0.507 e. The molecule has 0 spiro atoms. The molecule has 0 heterocycles. The number of hydrogen-bond acceptors (Lipinski definition) is 5. The summed E-state index contributed by atoms with van der Waals surface area (Å²) in [4.78, 5) is 37.1. The van der Waals surface area contributed by atoms with Crippen molar-refractivity contribution in [1.82, 2.24) is 0 Å². The third kappa shape index (κ3) is 3.50. The van der Waals surface area contributed by atoms with Crippen molar-refractivity contribution in [3.8, 4) is 11.5 Å². The van der Waals surface area contributed by atoms with Crippen molar-refractivity contribution in [3.05, 3.63) is 35.4 Å². The number of hydrogen-bond donors (Lipinski definition) is 1. The van der Waals surface area contributed by atoms with Gasteiger partial charge in [-0.3, -0.25) is 14.4 Å². The quantitative estimate of drug-likeness (QED) is 0.646. The van der Waals surface area contributed by atoms with Crippen LogP contribution in [0.2, 0.25) is 0 Å². The second kappa shape index (κ2) is 6.82. The van der Waals surface area contributed by atoms with Gasteiger partial charge in [-0.15, -0.1) is 0 Å². The van der Waals surface area contributed by atoms with Gasteiger partial charge in [-0.25, -0.2) is 0 Å². The summed E-state index contributed by atoms with van der Waals surface area (Å²) in [6, 6.07) is 2.62. The van der Waals surface area contributed by atoms with E-state index in [2.05, 4.69) is 0 Å². The molecule has 5 nitrogen and oxygen atoms in total. The number of rotatable bonds is 5. The summed E-state index contributed by atoms with van der Waals surface area (Å²) in [5.74, 6) is -1.36. The average molecular weight is 344 g/mol. The van der Waals surface area contributed by atoms with Crippen LogP contribution in [0.1, 0.15) is 61.8 Å². The van der Waals surface area contributed by atoms with Crippen LogP contribution < -0.4 is 4.74 Å². The molecule has 5 heteroatoms. The molecule has 0 saturated heterocycles. The lowest BCUT2D eigenvalue weighted by Crippen LogP contribution is -2.38. The van der Waals surface area contributed by atoms with Gasteiger partial charge in [0.1, 0.15) is 11.5 Å². The number of allylic oxidation sites excluding steroid dienone is 2. The smallest absolute Gasteiger partial charge is 0.317 e. The Balaban J connectivity index is 2.45. The Kier molecular flexibility index (Phi) is 5.16.